The van der Waals surface area contributed by atoms with Crippen molar-refractivity contribution in [3.05, 3.63) is 12.4 Å². The lowest BCUT2D eigenvalue weighted by Gasteiger charge is -2.36. The monoisotopic (exact) mass is 252 g/mol. The Labute approximate surface area is 106 Å². The number of nitrogens with zero attached hydrogens (tertiary/aromatic N) is 3. The summed E-state index contributed by atoms with van der Waals surface area (Å²) in [6.45, 7) is 6.71. The van der Waals surface area contributed by atoms with Gasteiger partial charge in [-0.3, -0.25) is 4.68 Å². The Hall–Kier alpha value is -1.72. The van der Waals surface area contributed by atoms with Crippen LogP contribution in [-0.4, -0.2) is 38.5 Å². The molecular weight excluding hydrogens is 232 g/mol. The first kappa shape index (κ1) is 12.7. The number of nitrogens with two attached hydrogens (primary N) is 1. The molecule has 0 aromatic carbocycles. The highest BCUT2D eigenvalue weighted by Gasteiger charge is 2.45. The van der Waals surface area contributed by atoms with Crippen LogP contribution in [-0.2, 0) is 0 Å². The molecular formula is C12H20N4O2. The largest absolute Gasteiger partial charge is 0.465 e. The van der Waals surface area contributed by atoms with Gasteiger partial charge in [0.2, 0.25) is 0 Å². The second-order valence-corrected chi connectivity index (χ2v) is 5.90. The molecule has 1 fully saturated rings. The summed E-state index contributed by atoms with van der Waals surface area (Å²) in [5.41, 5.74) is 6.15. The fourth-order valence-corrected chi connectivity index (χ4v) is 2.85. The first-order chi connectivity index (χ1) is 8.30. The Balaban J connectivity index is 2.33. The van der Waals surface area contributed by atoms with Crippen LogP contribution in [0.5, 0.6) is 0 Å². The number of hydrogen-bond donors (Lipinski definition) is 2. The highest BCUT2D eigenvalue weighted by molar-refractivity contribution is 5.66. The topological polar surface area (TPSA) is 84.4 Å². The van der Waals surface area contributed by atoms with E-state index in [9.17, 15) is 9.90 Å². The first-order valence-electron chi connectivity index (χ1n) is 6.10. The van der Waals surface area contributed by atoms with Crippen molar-refractivity contribution in [3.63, 3.8) is 0 Å². The van der Waals surface area contributed by atoms with E-state index in [2.05, 4.69) is 25.9 Å². The van der Waals surface area contributed by atoms with Gasteiger partial charge in [-0.2, -0.15) is 5.10 Å². The van der Waals surface area contributed by atoms with E-state index in [1.54, 1.807) is 17.1 Å². The van der Waals surface area contributed by atoms with Gasteiger partial charge in [-0.1, -0.05) is 20.8 Å². The Morgan fingerprint density at radius 1 is 1.56 bits per heavy atom. The number of likely N-dealkylation sites (tertiary alicyclic amines) is 1. The zero-order valence-corrected chi connectivity index (χ0v) is 11.0. The predicted molar refractivity (Wildman–Crippen MR) is 68.3 cm³/mol. The summed E-state index contributed by atoms with van der Waals surface area (Å²) >= 11 is 0. The number of amides is 1. The van der Waals surface area contributed by atoms with Crippen LogP contribution >= 0.6 is 0 Å². The maximum Gasteiger partial charge on any atom is 0.407 e. The highest BCUT2D eigenvalue weighted by atomic mass is 16.4. The van der Waals surface area contributed by atoms with Gasteiger partial charge >= 0.3 is 6.09 Å². The normalized spacial score (nSPS) is 24.5. The van der Waals surface area contributed by atoms with E-state index in [1.165, 1.54) is 4.90 Å². The van der Waals surface area contributed by atoms with Gasteiger partial charge in [-0.05, 0) is 11.8 Å². The van der Waals surface area contributed by atoms with Gasteiger partial charge in [0.1, 0.15) is 0 Å². The summed E-state index contributed by atoms with van der Waals surface area (Å²) in [5.74, 6) is 0. The van der Waals surface area contributed by atoms with Gasteiger partial charge in [-0.15, -0.1) is 0 Å². The van der Waals surface area contributed by atoms with Gasteiger partial charge in [-0.25, -0.2) is 4.79 Å². The number of carbonyl (C=O) groups is 1. The minimum atomic E-state index is -0.863. The quantitative estimate of drug-likeness (QED) is 0.798. The van der Waals surface area contributed by atoms with Crippen LogP contribution in [0.15, 0.2) is 12.4 Å². The molecule has 0 radical (unpaired) electrons. The van der Waals surface area contributed by atoms with Crippen LogP contribution in [0.4, 0.5) is 10.5 Å². The maximum atomic E-state index is 11.3. The van der Waals surface area contributed by atoms with Crippen molar-refractivity contribution in [1.29, 1.82) is 0 Å². The van der Waals surface area contributed by atoms with Crippen molar-refractivity contribution in [1.82, 2.24) is 14.7 Å². The van der Waals surface area contributed by atoms with E-state index in [0.29, 0.717) is 12.2 Å². The summed E-state index contributed by atoms with van der Waals surface area (Å²) in [6, 6.07) is -0.0345. The van der Waals surface area contributed by atoms with Gasteiger partial charge < -0.3 is 15.7 Å². The van der Waals surface area contributed by atoms with Gasteiger partial charge in [0, 0.05) is 12.7 Å². The molecule has 1 amide bonds. The molecule has 1 aliphatic rings. The molecule has 6 heteroatoms. The average Bonchev–Trinajstić information content (AvgIpc) is 2.80. The van der Waals surface area contributed by atoms with E-state index in [0.717, 1.165) is 6.42 Å². The number of nitrogen functional groups attached to an aromatic ring is 1. The molecule has 0 aliphatic carbocycles. The molecule has 1 unspecified atom stereocenters. The molecule has 100 valence electrons. The van der Waals surface area contributed by atoms with Crippen LogP contribution in [0.2, 0.25) is 0 Å². The van der Waals surface area contributed by atoms with Crippen molar-refractivity contribution < 1.29 is 9.90 Å². The lowest BCUT2D eigenvalue weighted by Crippen LogP contribution is -2.46. The van der Waals surface area contributed by atoms with Gasteiger partial charge in [0.15, 0.2) is 0 Å². The summed E-state index contributed by atoms with van der Waals surface area (Å²) in [7, 11) is 0. The number of carboxylic acid groups (broad SMARTS) is 1. The van der Waals surface area contributed by atoms with Crippen molar-refractivity contribution >= 4 is 11.8 Å². The molecule has 1 aromatic rings. The molecule has 0 bridgehead atoms. The SMILES string of the molecule is CC(C)(C)C1[C@H](n2cc(N)cn2)CCN1C(=O)O. The predicted octanol–water partition coefficient (Wildman–Crippen LogP) is 1.80. The smallest absolute Gasteiger partial charge is 0.407 e. The minimum Gasteiger partial charge on any atom is -0.465 e. The van der Waals surface area contributed by atoms with Gasteiger partial charge in [0.25, 0.3) is 0 Å². The highest BCUT2D eigenvalue weighted by Crippen LogP contribution is 2.39. The fourth-order valence-electron chi connectivity index (χ4n) is 2.85. The van der Waals surface area contributed by atoms with E-state index in [4.69, 9.17) is 5.73 Å². The molecule has 3 N–H and O–H groups in total. The zero-order valence-electron chi connectivity index (χ0n) is 11.0. The molecule has 1 aliphatic heterocycles. The molecule has 1 saturated heterocycles. The van der Waals surface area contributed by atoms with E-state index in [-0.39, 0.29) is 17.5 Å². The van der Waals surface area contributed by atoms with Crippen LogP contribution in [0.3, 0.4) is 0 Å². The van der Waals surface area contributed by atoms with Crippen LogP contribution in [0.25, 0.3) is 0 Å². The summed E-state index contributed by atoms with van der Waals surface area (Å²) in [6.07, 6.45) is 3.28. The third kappa shape index (κ3) is 2.14. The van der Waals surface area contributed by atoms with Crippen molar-refractivity contribution in [2.24, 2.45) is 5.41 Å². The molecule has 1 aromatic heterocycles. The Morgan fingerprint density at radius 2 is 2.22 bits per heavy atom. The summed E-state index contributed by atoms with van der Waals surface area (Å²) in [4.78, 5) is 12.8. The average molecular weight is 252 g/mol. The third-order valence-corrected chi connectivity index (χ3v) is 3.46. The summed E-state index contributed by atoms with van der Waals surface area (Å²) in [5, 5.41) is 13.5. The Bertz CT molecular complexity index is 449. The van der Waals surface area contributed by atoms with Crippen molar-refractivity contribution in [2.75, 3.05) is 12.3 Å². The molecule has 2 rings (SSSR count). The van der Waals surface area contributed by atoms with Crippen LogP contribution in [0.1, 0.15) is 33.2 Å². The lowest BCUT2D eigenvalue weighted by atomic mass is 9.83. The molecule has 6 nitrogen and oxygen atoms in total. The maximum absolute atomic E-state index is 11.3. The molecule has 2 heterocycles. The number of aromatic nitrogens is 2. The number of hydrogen-bond acceptors (Lipinski definition) is 3. The van der Waals surface area contributed by atoms with E-state index in [1.807, 2.05) is 0 Å². The molecule has 0 spiro atoms. The van der Waals surface area contributed by atoms with Crippen LogP contribution < -0.4 is 5.73 Å². The van der Waals surface area contributed by atoms with Crippen molar-refractivity contribution in [2.45, 2.75) is 39.3 Å². The van der Waals surface area contributed by atoms with Crippen LogP contribution in [0, 0.1) is 5.41 Å². The van der Waals surface area contributed by atoms with E-state index >= 15 is 0 Å². The Morgan fingerprint density at radius 3 is 2.67 bits per heavy atom. The summed E-state index contributed by atoms with van der Waals surface area (Å²) < 4.78 is 1.80. The minimum absolute atomic E-state index is 0.0541. The fraction of sp³-hybridized carbons (Fsp3) is 0.667. The molecule has 2 atom stereocenters. The second-order valence-electron chi connectivity index (χ2n) is 5.90. The lowest BCUT2D eigenvalue weighted by molar-refractivity contribution is 0.0906. The standard InChI is InChI=1S/C12H20N4O2/c1-12(2,3)10-9(4-5-15(10)11(17)18)16-7-8(13)6-14-16/h6-7,9-10H,4-5,13H2,1-3H3,(H,17,18)/t9-,10?/m1/s1. The zero-order chi connectivity index (χ0) is 13.5. The number of rotatable bonds is 1. The first-order valence-corrected chi connectivity index (χ1v) is 6.10. The van der Waals surface area contributed by atoms with Crippen molar-refractivity contribution in [3.8, 4) is 0 Å². The molecule has 0 saturated carbocycles. The number of anilines is 1. The third-order valence-electron chi connectivity index (χ3n) is 3.46. The molecule has 18 heavy (non-hydrogen) atoms. The second kappa shape index (κ2) is 4.19. The Kier molecular flexibility index (Phi) is 2.96. The van der Waals surface area contributed by atoms with Gasteiger partial charge in [0.05, 0.1) is 24.0 Å². The van der Waals surface area contributed by atoms with E-state index < -0.39 is 6.09 Å².